The number of hydrogen-bond donors (Lipinski definition) is 1. The van der Waals surface area contributed by atoms with Crippen LogP contribution in [0.2, 0.25) is 0 Å². The van der Waals surface area contributed by atoms with E-state index in [4.69, 9.17) is 0 Å². The summed E-state index contributed by atoms with van der Waals surface area (Å²) in [4.78, 5) is 10.0. The van der Waals surface area contributed by atoms with Crippen LogP contribution in [0.4, 0.5) is 5.69 Å². The van der Waals surface area contributed by atoms with E-state index in [2.05, 4.69) is 11.8 Å². The maximum absolute atomic E-state index is 10.5. The summed E-state index contributed by atoms with van der Waals surface area (Å²) in [5.41, 5.74) is 1.34. The predicted octanol–water partition coefficient (Wildman–Crippen LogP) is 2.68. The third kappa shape index (κ3) is 3.41. The number of benzene rings is 2. The Morgan fingerprint density at radius 2 is 1.68 bits per heavy atom. The van der Waals surface area contributed by atoms with E-state index in [0.29, 0.717) is 5.56 Å². The molecule has 2 aromatic rings. The number of rotatable bonds is 2. The van der Waals surface area contributed by atoms with Gasteiger partial charge < -0.3 is 5.11 Å². The van der Waals surface area contributed by atoms with E-state index >= 15 is 0 Å². The highest BCUT2D eigenvalue weighted by atomic mass is 16.6. The lowest BCUT2D eigenvalue weighted by atomic mass is 10.1. The van der Waals surface area contributed by atoms with E-state index in [-0.39, 0.29) is 5.69 Å². The van der Waals surface area contributed by atoms with Crippen molar-refractivity contribution >= 4 is 5.69 Å². The fraction of sp³-hybridized carbons (Fsp3) is 0.0667. The zero-order valence-electron chi connectivity index (χ0n) is 9.98. The van der Waals surface area contributed by atoms with Crippen molar-refractivity contribution in [2.45, 2.75) is 6.10 Å². The number of nitrogens with zero attached hydrogens (tertiary/aromatic N) is 1. The number of aliphatic hydroxyl groups is 1. The van der Waals surface area contributed by atoms with Crippen LogP contribution in [-0.4, -0.2) is 10.0 Å². The molecule has 1 N–H and O–H groups in total. The molecule has 0 spiro atoms. The average Bonchev–Trinajstić information content (AvgIpc) is 2.46. The number of nitro groups is 1. The van der Waals surface area contributed by atoms with Crippen LogP contribution in [0.3, 0.4) is 0 Å². The molecule has 0 aliphatic heterocycles. The van der Waals surface area contributed by atoms with Gasteiger partial charge in [-0.15, -0.1) is 0 Å². The van der Waals surface area contributed by atoms with Crippen LogP contribution in [0, 0.1) is 22.0 Å². The highest BCUT2D eigenvalue weighted by Crippen LogP contribution is 2.17. The van der Waals surface area contributed by atoms with Gasteiger partial charge in [0.25, 0.3) is 5.69 Å². The second kappa shape index (κ2) is 5.80. The minimum Gasteiger partial charge on any atom is -0.376 e. The van der Waals surface area contributed by atoms with Gasteiger partial charge in [-0.2, -0.15) is 0 Å². The summed E-state index contributed by atoms with van der Waals surface area (Å²) in [6, 6.07) is 15.0. The summed E-state index contributed by atoms with van der Waals surface area (Å²) in [6.45, 7) is 0. The molecule has 0 saturated carbocycles. The summed E-state index contributed by atoms with van der Waals surface area (Å²) in [6.07, 6.45) is -0.957. The molecule has 0 aliphatic carbocycles. The summed E-state index contributed by atoms with van der Waals surface area (Å²) in [7, 11) is 0. The van der Waals surface area contributed by atoms with E-state index in [1.54, 1.807) is 0 Å². The number of nitro benzene ring substituents is 1. The summed E-state index contributed by atoms with van der Waals surface area (Å²) in [5.74, 6) is 5.55. The van der Waals surface area contributed by atoms with E-state index in [9.17, 15) is 15.2 Å². The monoisotopic (exact) mass is 253 g/mol. The van der Waals surface area contributed by atoms with Gasteiger partial charge in [0.1, 0.15) is 6.10 Å². The van der Waals surface area contributed by atoms with Crippen molar-refractivity contribution in [1.29, 1.82) is 0 Å². The molecule has 94 valence electrons. The van der Waals surface area contributed by atoms with Crippen molar-refractivity contribution in [2.24, 2.45) is 0 Å². The van der Waals surface area contributed by atoms with Gasteiger partial charge in [-0.3, -0.25) is 10.1 Å². The molecule has 1 atom stereocenters. The van der Waals surface area contributed by atoms with Crippen molar-refractivity contribution in [3.05, 3.63) is 75.8 Å². The highest BCUT2D eigenvalue weighted by Gasteiger charge is 2.07. The van der Waals surface area contributed by atoms with Gasteiger partial charge in [0.2, 0.25) is 0 Å². The van der Waals surface area contributed by atoms with Crippen molar-refractivity contribution in [3.8, 4) is 11.8 Å². The molecule has 4 nitrogen and oxygen atoms in total. The summed E-state index contributed by atoms with van der Waals surface area (Å²) < 4.78 is 0. The second-order valence-electron chi connectivity index (χ2n) is 3.89. The van der Waals surface area contributed by atoms with Crippen molar-refractivity contribution in [2.75, 3.05) is 0 Å². The molecule has 19 heavy (non-hydrogen) atoms. The predicted molar refractivity (Wildman–Crippen MR) is 71.4 cm³/mol. The molecule has 0 aromatic heterocycles. The lowest BCUT2D eigenvalue weighted by Crippen LogP contribution is -1.94. The quantitative estimate of drug-likeness (QED) is 0.508. The summed E-state index contributed by atoms with van der Waals surface area (Å²) >= 11 is 0. The topological polar surface area (TPSA) is 63.4 Å². The van der Waals surface area contributed by atoms with Crippen LogP contribution >= 0.6 is 0 Å². The highest BCUT2D eigenvalue weighted by molar-refractivity contribution is 5.39. The van der Waals surface area contributed by atoms with Gasteiger partial charge in [0.15, 0.2) is 0 Å². The van der Waals surface area contributed by atoms with Crippen molar-refractivity contribution in [3.63, 3.8) is 0 Å². The Morgan fingerprint density at radius 1 is 1.05 bits per heavy atom. The molecular formula is C15H11NO3. The third-order valence-corrected chi connectivity index (χ3v) is 2.55. The minimum absolute atomic E-state index is 0.00744. The first-order chi connectivity index (χ1) is 9.16. The Balaban J connectivity index is 2.14. The van der Waals surface area contributed by atoms with Crippen LogP contribution in [0.15, 0.2) is 54.6 Å². The first-order valence-corrected chi connectivity index (χ1v) is 5.66. The smallest absolute Gasteiger partial charge is 0.269 e. The van der Waals surface area contributed by atoms with Gasteiger partial charge in [0.05, 0.1) is 4.92 Å². The fourth-order valence-corrected chi connectivity index (χ4v) is 1.53. The van der Waals surface area contributed by atoms with Crippen molar-refractivity contribution in [1.82, 2.24) is 0 Å². The molecule has 0 bridgehead atoms. The molecule has 0 amide bonds. The largest absolute Gasteiger partial charge is 0.376 e. The number of non-ortho nitro benzene ring substituents is 1. The first-order valence-electron chi connectivity index (χ1n) is 5.66. The van der Waals surface area contributed by atoms with E-state index in [0.717, 1.165) is 5.56 Å². The van der Waals surface area contributed by atoms with E-state index < -0.39 is 11.0 Å². The minimum atomic E-state index is -0.957. The molecular weight excluding hydrogens is 242 g/mol. The zero-order chi connectivity index (χ0) is 13.7. The number of hydrogen-bond acceptors (Lipinski definition) is 3. The standard InChI is InChI=1S/C15H11NO3/c17-15(11-6-12-4-2-1-3-5-12)13-7-9-14(10-8-13)16(18)19/h1-5,7-10,15,17H/t15-/m1/s1. The van der Waals surface area contributed by atoms with E-state index in [1.165, 1.54) is 24.3 Å². The normalized spacial score (nSPS) is 11.2. The summed E-state index contributed by atoms with van der Waals surface area (Å²) in [5, 5.41) is 20.4. The lowest BCUT2D eigenvalue weighted by Gasteiger charge is -2.02. The average molecular weight is 253 g/mol. The van der Waals surface area contributed by atoms with Crippen LogP contribution in [0.25, 0.3) is 0 Å². The van der Waals surface area contributed by atoms with Crippen LogP contribution in [0.5, 0.6) is 0 Å². The van der Waals surface area contributed by atoms with Gasteiger partial charge in [-0.05, 0) is 29.8 Å². The SMILES string of the molecule is O=[N+]([O-])c1ccc([C@H](O)C#Cc2ccccc2)cc1. The Labute approximate surface area is 110 Å². The van der Waals surface area contributed by atoms with Crippen LogP contribution in [-0.2, 0) is 0 Å². The Hall–Kier alpha value is -2.64. The van der Waals surface area contributed by atoms with E-state index in [1.807, 2.05) is 30.3 Å². The molecule has 0 fully saturated rings. The molecule has 0 saturated heterocycles. The number of aliphatic hydroxyl groups excluding tert-OH is 1. The van der Waals surface area contributed by atoms with Gasteiger partial charge >= 0.3 is 0 Å². The molecule has 4 heteroatoms. The maximum atomic E-state index is 10.5. The zero-order valence-corrected chi connectivity index (χ0v) is 9.98. The Bertz CT molecular complexity index is 624. The molecule has 0 aliphatic rings. The molecule has 0 radical (unpaired) electrons. The lowest BCUT2D eigenvalue weighted by molar-refractivity contribution is -0.384. The molecule has 2 rings (SSSR count). The van der Waals surface area contributed by atoms with Gasteiger partial charge in [-0.25, -0.2) is 0 Å². The van der Waals surface area contributed by atoms with Crippen LogP contribution < -0.4 is 0 Å². The van der Waals surface area contributed by atoms with Crippen LogP contribution in [0.1, 0.15) is 17.2 Å². The first kappa shape index (κ1) is 12.8. The van der Waals surface area contributed by atoms with Gasteiger partial charge in [0, 0.05) is 17.7 Å². The molecule has 2 aromatic carbocycles. The molecule has 0 unspecified atom stereocenters. The Kier molecular flexibility index (Phi) is 3.91. The Morgan fingerprint density at radius 3 is 2.26 bits per heavy atom. The third-order valence-electron chi connectivity index (χ3n) is 2.55. The van der Waals surface area contributed by atoms with Gasteiger partial charge in [-0.1, -0.05) is 30.0 Å². The second-order valence-corrected chi connectivity index (χ2v) is 3.89. The van der Waals surface area contributed by atoms with Crippen molar-refractivity contribution < 1.29 is 10.0 Å². The fourth-order valence-electron chi connectivity index (χ4n) is 1.53. The maximum Gasteiger partial charge on any atom is 0.269 e. The molecule has 0 heterocycles.